The highest BCUT2D eigenvalue weighted by atomic mass is 32.2. The van der Waals surface area contributed by atoms with Gasteiger partial charge in [-0.1, -0.05) is 0 Å². The summed E-state index contributed by atoms with van der Waals surface area (Å²) in [7, 11) is 6.82. The zero-order valence-electron chi connectivity index (χ0n) is 18.7. The lowest BCUT2D eigenvalue weighted by atomic mass is 10.2. The third-order valence-electron chi connectivity index (χ3n) is 4.90. The molecule has 9 heteroatoms. The Hall–Kier alpha value is -2.13. The maximum Gasteiger partial charge on any atom is 0.243 e. The highest BCUT2D eigenvalue weighted by molar-refractivity contribution is 7.98. The first-order valence-electron chi connectivity index (χ1n) is 10.1. The van der Waals surface area contributed by atoms with Gasteiger partial charge in [-0.2, -0.15) is 11.8 Å². The second-order valence-electron chi connectivity index (χ2n) is 7.46. The molecular weight excluding hydrogens is 402 g/mol. The summed E-state index contributed by atoms with van der Waals surface area (Å²) in [4.78, 5) is 20.3. The highest BCUT2D eigenvalue weighted by Crippen LogP contribution is 2.24. The van der Waals surface area contributed by atoms with E-state index in [2.05, 4.69) is 26.8 Å². The molecule has 0 bridgehead atoms. The largest absolute Gasteiger partial charge is 0.497 e. The number of likely N-dealkylation sites (N-methyl/N-ethyl adjacent to an activating group) is 1. The summed E-state index contributed by atoms with van der Waals surface area (Å²) in [5, 5.41) is 6.83. The summed E-state index contributed by atoms with van der Waals surface area (Å²) in [6.45, 7) is 3.68. The zero-order valence-corrected chi connectivity index (χ0v) is 19.6. The standard InChI is InChI=1S/C21H35N5O3S/c1-25(2)20(27)13-23-21(22-7-9-30-5)24-17-6-8-26(15-17)14-16-10-18(28-3)12-19(11-16)29-4/h10-12,17H,6-9,13-15H2,1-5H3,(H2,22,23,24). The maximum atomic E-state index is 11.9. The molecular formula is C21H35N5O3S. The Labute approximate surface area is 184 Å². The Morgan fingerprint density at radius 3 is 2.57 bits per heavy atom. The van der Waals surface area contributed by atoms with Gasteiger partial charge in [-0.15, -0.1) is 0 Å². The average molecular weight is 438 g/mol. The Morgan fingerprint density at radius 2 is 1.97 bits per heavy atom. The minimum Gasteiger partial charge on any atom is -0.497 e. The molecule has 2 rings (SSSR count). The molecule has 1 aliphatic rings. The number of guanidine groups is 1. The summed E-state index contributed by atoms with van der Waals surface area (Å²) >= 11 is 1.77. The van der Waals surface area contributed by atoms with E-state index in [0.29, 0.717) is 5.96 Å². The van der Waals surface area contributed by atoms with Crippen molar-refractivity contribution >= 4 is 23.6 Å². The van der Waals surface area contributed by atoms with E-state index >= 15 is 0 Å². The van der Waals surface area contributed by atoms with E-state index < -0.39 is 0 Å². The number of benzene rings is 1. The fourth-order valence-corrected chi connectivity index (χ4v) is 3.52. The van der Waals surface area contributed by atoms with E-state index in [1.54, 1.807) is 45.0 Å². The number of carbonyl (C=O) groups excluding carboxylic acids is 1. The van der Waals surface area contributed by atoms with Crippen molar-refractivity contribution in [1.29, 1.82) is 0 Å². The quantitative estimate of drug-likeness (QED) is 0.324. The van der Waals surface area contributed by atoms with E-state index in [1.807, 2.05) is 18.2 Å². The Bertz CT molecular complexity index is 692. The summed E-state index contributed by atoms with van der Waals surface area (Å²) in [6, 6.07) is 6.27. The molecule has 1 unspecified atom stereocenters. The number of carbonyl (C=O) groups is 1. The Balaban J connectivity index is 1.94. The van der Waals surface area contributed by atoms with Gasteiger partial charge < -0.3 is 25.0 Å². The monoisotopic (exact) mass is 437 g/mol. The third-order valence-corrected chi connectivity index (χ3v) is 5.51. The number of ether oxygens (including phenoxy) is 2. The van der Waals surface area contributed by atoms with E-state index in [0.717, 1.165) is 55.4 Å². The summed E-state index contributed by atoms with van der Waals surface area (Å²) < 4.78 is 10.8. The predicted molar refractivity (Wildman–Crippen MR) is 124 cm³/mol. The van der Waals surface area contributed by atoms with Gasteiger partial charge in [0.2, 0.25) is 5.91 Å². The molecule has 1 aromatic carbocycles. The molecule has 8 nitrogen and oxygen atoms in total. The molecule has 1 aliphatic heterocycles. The van der Waals surface area contributed by atoms with Crippen LogP contribution in [0.4, 0.5) is 0 Å². The number of likely N-dealkylation sites (tertiary alicyclic amines) is 1. The fraction of sp³-hybridized carbons (Fsp3) is 0.619. The van der Waals surface area contributed by atoms with Crippen molar-refractivity contribution in [2.24, 2.45) is 4.99 Å². The number of hydrogen-bond acceptors (Lipinski definition) is 6. The molecule has 0 radical (unpaired) electrons. The molecule has 1 atom stereocenters. The fourth-order valence-electron chi connectivity index (χ4n) is 3.22. The molecule has 0 aliphatic carbocycles. The summed E-state index contributed by atoms with van der Waals surface area (Å²) in [5.41, 5.74) is 1.16. The molecule has 0 spiro atoms. The molecule has 30 heavy (non-hydrogen) atoms. The lowest BCUT2D eigenvalue weighted by Crippen LogP contribution is -2.45. The number of nitrogens with zero attached hydrogens (tertiary/aromatic N) is 3. The minimum absolute atomic E-state index is 0.0130. The van der Waals surface area contributed by atoms with Gasteiger partial charge >= 0.3 is 0 Å². The van der Waals surface area contributed by atoms with Crippen LogP contribution in [0.3, 0.4) is 0 Å². The van der Waals surface area contributed by atoms with Crippen LogP contribution < -0.4 is 20.1 Å². The molecule has 1 amide bonds. The molecule has 0 saturated carbocycles. The van der Waals surface area contributed by atoms with E-state index in [-0.39, 0.29) is 18.5 Å². The Kier molecular flexibility index (Phi) is 10.1. The normalized spacial score (nSPS) is 17.0. The van der Waals surface area contributed by atoms with Crippen molar-refractivity contribution in [3.8, 4) is 11.5 Å². The van der Waals surface area contributed by atoms with Gasteiger partial charge in [-0.05, 0) is 30.4 Å². The van der Waals surface area contributed by atoms with Crippen LogP contribution in [0, 0.1) is 0 Å². The minimum atomic E-state index is -0.0130. The number of amides is 1. The average Bonchev–Trinajstić information content (AvgIpc) is 3.17. The van der Waals surface area contributed by atoms with Crippen LogP contribution in [0.25, 0.3) is 0 Å². The van der Waals surface area contributed by atoms with Crippen molar-refractivity contribution in [3.63, 3.8) is 0 Å². The van der Waals surface area contributed by atoms with Gasteiger partial charge in [0.05, 0.1) is 14.2 Å². The van der Waals surface area contributed by atoms with Gasteiger partial charge in [-0.3, -0.25) is 9.69 Å². The number of hydrogen-bond donors (Lipinski definition) is 2. The zero-order chi connectivity index (χ0) is 21.9. The molecule has 1 fully saturated rings. The predicted octanol–water partition coefficient (Wildman–Crippen LogP) is 1.26. The van der Waals surface area contributed by atoms with Gasteiger partial charge in [0.15, 0.2) is 5.96 Å². The first-order valence-corrected chi connectivity index (χ1v) is 11.5. The first kappa shape index (κ1) is 24.1. The number of methoxy groups -OCH3 is 2. The number of aliphatic imine (C=N–C) groups is 1. The van der Waals surface area contributed by atoms with Crippen LogP contribution in [0.15, 0.2) is 23.2 Å². The number of nitrogens with one attached hydrogen (secondary N) is 2. The van der Waals surface area contributed by atoms with Crippen molar-refractivity contribution in [3.05, 3.63) is 23.8 Å². The second kappa shape index (κ2) is 12.5. The van der Waals surface area contributed by atoms with E-state index in [1.165, 1.54) is 0 Å². The van der Waals surface area contributed by atoms with Crippen LogP contribution >= 0.6 is 11.8 Å². The number of thioether (sulfide) groups is 1. The Morgan fingerprint density at radius 1 is 1.27 bits per heavy atom. The SMILES string of the molecule is COc1cc(CN2CCC(NC(=NCC(=O)N(C)C)NCCSC)C2)cc(OC)c1. The van der Waals surface area contributed by atoms with Crippen LogP contribution in [-0.4, -0.2) is 94.2 Å². The van der Waals surface area contributed by atoms with Crippen LogP contribution in [-0.2, 0) is 11.3 Å². The molecule has 0 aromatic heterocycles. The van der Waals surface area contributed by atoms with Crippen LogP contribution in [0.5, 0.6) is 11.5 Å². The maximum absolute atomic E-state index is 11.9. The summed E-state index contributed by atoms with van der Waals surface area (Å²) in [5.74, 6) is 3.28. The lowest BCUT2D eigenvalue weighted by molar-refractivity contribution is -0.127. The van der Waals surface area contributed by atoms with Crippen LogP contribution in [0.2, 0.25) is 0 Å². The van der Waals surface area contributed by atoms with Crippen molar-refractivity contribution in [1.82, 2.24) is 20.4 Å². The van der Waals surface area contributed by atoms with Gasteiger partial charge in [0, 0.05) is 58.1 Å². The highest BCUT2D eigenvalue weighted by Gasteiger charge is 2.23. The number of rotatable bonds is 10. The smallest absolute Gasteiger partial charge is 0.243 e. The third kappa shape index (κ3) is 7.95. The molecule has 1 aromatic rings. The first-order chi connectivity index (χ1) is 14.4. The van der Waals surface area contributed by atoms with Crippen molar-refractivity contribution in [2.45, 2.75) is 19.0 Å². The van der Waals surface area contributed by atoms with Gasteiger partial charge in [0.25, 0.3) is 0 Å². The van der Waals surface area contributed by atoms with E-state index in [4.69, 9.17) is 9.47 Å². The second-order valence-corrected chi connectivity index (χ2v) is 8.44. The topological polar surface area (TPSA) is 78.4 Å². The molecule has 1 saturated heterocycles. The summed E-state index contributed by atoms with van der Waals surface area (Å²) in [6.07, 6.45) is 3.09. The van der Waals surface area contributed by atoms with Crippen LogP contribution in [0.1, 0.15) is 12.0 Å². The molecule has 2 N–H and O–H groups in total. The van der Waals surface area contributed by atoms with E-state index in [9.17, 15) is 4.79 Å². The lowest BCUT2D eigenvalue weighted by Gasteiger charge is -2.20. The van der Waals surface area contributed by atoms with Crippen molar-refractivity contribution < 1.29 is 14.3 Å². The molecule has 1 heterocycles. The van der Waals surface area contributed by atoms with Gasteiger partial charge in [0.1, 0.15) is 18.0 Å². The van der Waals surface area contributed by atoms with Crippen molar-refractivity contribution in [2.75, 3.05) is 66.5 Å². The van der Waals surface area contributed by atoms with Gasteiger partial charge in [-0.25, -0.2) is 4.99 Å². The molecule has 168 valence electrons.